The van der Waals surface area contributed by atoms with Gasteiger partial charge in [0.25, 0.3) is 0 Å². The van der Waals surface area contributed by atoms with Crippen LogP contribution in [0.4, 0.5) is 0 Å². The zero-order valence-electron chi connectivity index (χ0n) is 26.1. The largest absolute Gasteiger partial charge is 0.309 e. The maximum absolute atomic E-state index is 5.34. The molecule has 3 heterocycles. The molecule has 0 N–H and O–H groups in total. The summed E-state index contributed by atoms with van der Waals surface area (Å²) < 4.78 is 4.74. The zero-order valence-corrected chi connectivity index (χ0v) is 26.1. The Bertz CT molecular complexity index is 2750. The first-order chi connectivity index (χ1) is 23.8. The van der Waals surface area contributed by atoms with Crippen molar-refractivity contribution in [3.63, 3.8) is 0 Å². The number of rotatable bonds is 4. The highest BCUT2D eigenvalue weighted by atomic mass is 15.1. The fourth-order valence-corrected chi connectivity index (χ4v) is 7.63. The van der Waals surface area contributed by atoms with Crippen molar-refractivity contribution in [2.24, 2.45) is 0 Å². The summed E-state index contributed by atoms with van der Waals surface area (Å²) in [4.78, 5) is 5.34. The zero-order chi connectivity index (χ0) is 31.6. The second kappa shape index (κ2) is 10.5. The van der Waals surface area contributed by atoms with Gasteiger partial charge < -0.3 is 4.57 Å². The Morgan fingerprint density at radius 2 is 0.833 bits per heavy atom. The molecule has 48 heavy (non-hydrogen) atoms. The molecule has 0 radical (unpaired) electrons. The summed E-state index contributed by atoms with van der Waals surface area (Å²) in [5.74, 6) is 0.905. The van der Waals surface area contributed by atoms with Crippen molar-refractivity contribution >= 4 is 54.4 Å². The highest BCUT2D eigenvalue weighted by Crippen LogP contribution is 2.42. The van der Waals surface area contributed by atoms with Crippen LogP contribution in [-0.4, -0.2) is 14.1 Å². The molecule has 0 saturated heterocycles. The van der Waals surface area contributed by atoms with Gasteiger partial charge in [0.15, 0.2) is 0 Å². The number of aromatic nitrogens is 3. The summed E-state index contributed by atoms with van der Waals surface area (Å²) in [6.07, 6.45) is 0. The van der Waals surface area contributed by atoms with Crippen molar-refractivity contribution < 1.29 is 0 Å². The van der Waals surface area contributed by atoms with E-state index < -0.39 is 0 Å². The molecule has 0 unspecified atom stereocenters. The smallest absolute Gasteiger partial charge is 0.138 e. The van der Waals surface area contributed by atoms with Crippen molar-refractivity contribution in [2.75, 3.05) is 0 Å². The lowest BCUT2D eigenvalue weighted by Gasteiger charge is -2.13. The van der Waals surface area contributed by atoms with E-state index in [4.69, 9.17) is 4.98 Å². The van der Waals surface area contributed by atoms with E-state index in [2.05, 4.69) is 185 Å². The van der Waals surface area contributed by atoms with E-state index in [9.17, 15) is 0 Å². The maximum Gasteiger partial charge on any atom is 0.138 e. The topological polar surface area (TPSA) is 22.8 Å². The lowest BCUT2D eigenvalue weighted by atomic mass is 9.99. The molecule has 0 atom stereocenters. The van der Waals surface area contributed by atoms with Gasteiger partial charge in [-0.2, -0.15) is 0 Å². The first kappa shape index (κ1) is 26.7. The predicted octanol–water partition coefficient (Wildman–Crippen LogP) is 11.8. The average molecular weight is 612 g/mol. The van der Waals surface area contributed by atoms with Crippen LogP contribution in [0.5, 0.6) is 0 Å². The van der Waals surface area contributed by atoms with E-state index in [0.29, 0.717) is 0 Å². The second-order valence-electron chi connectivity index (χ2n) is 12.4. The van der Waals surface area contributed by atoms with Gasteiger partial charge in [-0.25, -0.2) is 4.98 Å². The quantitative estimate of drug-likeness (QED) is 0.194. The summed E-state index contributed by atoms with van der Waals surface area (Å²) in [5, 5.41) is 7.50. The van der Waals surface area contributed by atoms with Crippen LogP contribution in [0.2, 0.25) is 0 Å². The molecule has 3 nitrogen and oxygen atoms in total. The molecule has 0 aliphatic carbocycles. The number of nitrogens with zero attached hydrogens (tertiary/aromatic N) is 3. The number of para-hydroxylation sites is 3. The molecule has 0 aliphatic rings. The summed E-state index contributed by atoms with van der Waals surface area (Å²) in [6, 6.07) is 62.9. The van der Waals surface area contributed by atoms with Crippen molar-refractivity contribution in [1.29, 1.82) is 0 Å². The lowest BCUT2D eigenvalue weighted by Crippen LogP contribution is -2.00. The summed E-state index contributed by atoms with van der Waals surface area (Å²) in [6.45, 7) is 0. The molecule has 0 bridgehead atoms. The fourth-order valence-electron chi connectivity index (χ4n) is 7.63. The summed E-state index contributed by atoms with van der Waals surface area (Å²) in [5.41, 5.74) is 10.2. The van der Waals surface area contributed by atoms with E-state index in [-0.39, 0.29) is 0 Å². The van der Waals surface area contributed by atoms with Crippen LogP contribution < -0.4 is 0 Å². The number of benzene rings is 7. The SMILES string of the molecule is c1ccc(-c2cc(-c3ccccc3)nc(-n3c4ccccc4c4c5ccc6c(c5ccc43)c3ccccc3n6-c3ccccc3)c2)cc1. The number of hydrogen-bond donors (Lipinski definition) is 0. The molecular formula is C45H29N3. The van der Waals surface area contributed by atoms with Gasteiger partial charge in [0.05, 0.1) is 27.8 Å². The molecular weight excluding hydrogens is 583 g/mol. The molecule has 10 aromatic rings. The van der Waals surface area contributed by atoms with E-state index >= 15 is 0 Å². The van der Waals surface area contributed by atoms with Crippen molar-refractivity contribution in [3.05, 3.63) is 176 Å². The van der Waals surface area contributed by atoms with Crippen LogP contribution in [0, 0.1) is 0 Å². The Morgan fingerprint density at radius 3 is 1.46 bits per heavy atom. The Kier molecular flexibility index (Phi) is 5.87. The summed E-state index contributed by atoms with van der Waals surface area (Å²) in [7, 11) is 0. The summed E-state index contributed by atoms with van der Waals surface area (Å²) >= 11 is 0. The van der Waals surface area contributed by atoms with Gasteiger partial charge in [-0.05, 0) is 70.4 Å². The molecule has 3 heteroatoms. The van der Waals surface area contributed by atoms with E-state index in [1.807, 2.05) is 0 Å². The van der Waals surface area contributed by atoms with Crippen molar-refractivity contribution in [3.8, 4) is 33.9 Å². The molecule has 10 rings (SSSR count). The molecule has 0 saturated carbocycles. The first-order valence-electron chi connectivity index (χ1n) is 16.4. The standard InChI is InChI=1S/C45H29N3/c1-4-14-30(15-5-1)32-28-38(31-16-6-2-7-17-31)46-43(29-32)48-40-23-13-11-21-37(40)45-35-24-26-41-44(34(35)25-27-42(45)48)36-20-10-12-22-39(36)47(41)33-18-8-3-9-19-33/h1-29H. The molecule has 0 aliphatic heterocycles. The molecule has 7 aromatic carbocycles. The van der Waals surface area contributed by atoms with Crippen LogP contribution >= 0.6 is 0 Å². The van der Waals surface area contributed by atoms with Crippen molar-refractivity contribution in [2.45, 2.75) is 0 Å². The number of hydrogen-bond acceptors (Lipinski definition) is 1. The van der Waals surface area contributed by atoms with E-state index in [1.54, 1.807) is 0 Å². The van der Waals surface area contributed by atoms with Gasteiger partial charge >= 0.3 is 0 Å². The minimum Gasteiger partial charge on any atom is -0.309 e. The van der Waals surface area contributed by atoms with Crippen molar-refractivity contribution in [1.82, 2.24) is 14.1 Å². The van der Waals surface area contributed by atoms with Gasteiger partial charge in [-0.1, -0.05) is 127 Å². The maximum atomic E-state index is 5.34. The third-order valence-electron chi connectivity index (χ3n) is 9.70. The highest BCUT2D eigenvalue weighted by Gasteiger charge is 2.20. The van der Waals surface area contributed by atoms with Gasteiger partial charge in [-0.15, -0.1) is 0 Å². The average Bonchev–Trinajstić information content (AvgIpc) is 3.69. The fraction of sp³-hybridized carbons (Fsp3) is 0. The Labute approximate surface area is 277 Å². The third-order valence-corrected chi connectivity index (χ3v) is 9.70. The number of fused-ring (bicyclic) bond motifs is 9. The van der Waals surface area contributed by atoms with Gasteiger partial charge in [-0.3, -0.25) is 4.57 Å². The molecule has 3 aromatic heterocycles. The third kappa shape index (κ3) is 3.98. The monoisotopic (exact) mass is 611 g/mol. The van der Waals surface area contributed by atoms with E-state index in [1.165, 1.54) is 54.6 Å². The van der Waals surface area contributed by atoms with E-state index in [0.717, 1.165) is 33.7 Å². The first-order valence-corrected chi connectivity index (χ1v) is 16.4. The lowest BCUT2D eigenvalue weighted by molar-refractivity contribution is 1.08. The van der Waals surface area contributed by atoms with Crippen LogP contribution in [0.3, 0.4) is 0 Å². The van der Waals surface area contributed by atoms with Crippen LogP contribution in [0.15, 0.2) is 176 Å². The Morgan fingerprint density at radius 1 is 0.333 bits per heavy atom. The molecule has 0 fully saturated rings. The second-order valence-corrected chi connectivity index (χ2v) is 12.4. The minimum absolute atomic E-state index is 0.905. The van der Waals surface area contributed by atoms with Crippen LogP contribution in [0.25, 0.3) is 88.3 Å². The van der Waals surface area contributed by atoms with Gasteiger partial charge in [0.1, 0.15) is 5.82 Å². The molecule has 0 spiro atoms. The Hall–Kier alpha value is -6.45. The Balaban J connectivity index is 1.30. The predicted molar refractivity (Wildman–Crippen MR) is 201 cm³/mol. The van der Waals surface area contributed by atoms with Crippen LogP contribution in [0.1, 0.15) is 0 Å². The molecule has 0 amide bonds. The number of pyridine rings is 1. The minimum atomic E-state index is 0.905. The normalized spacial score (nSPS) is 11.8. The van der Waals surface area contributed by atoms with Crippen LogP contribution in [-0.2, 0) is 0 Å². The molecule has 224 valence electrons. The highest BCUT2D eigenvalue weighted by molar-refractivity contribution is 6.29. The van der Waals surface area contributed by atoms with Gasteiger partial charge in [0, 0.05) is 32.8 Å². The van der Waals surface area contributed by atoms with Gasteiger partial charge in [0.2, 0.25) is 0 Å².